The molecule has 2 N–H and O–H groups in total. The van der Waals surface area contributed by atoms with Crippen LogP contribution >= 0.6 is 11.3 Å². The molecule has 0 bridgehead atoms. The van der Waals surface area contributed by atoms with Gasteiger partial charge in [0.2, 0.25) is 18.0 Å². The zero-order valence-electron chi connectivity index (χ0n) is 38.8. The van der Waals surface area contributed by atoms with E-state index in [4.69, 9.17) is 24.2 Å². The molecular formula is C49H56FN9O7S. The van der Waals surface area contributed by atoms with E-state index in [-0.39, 0.29) is 35.7 Å². The van der Waals surface area contributed by atoms with Crippen molar-refractivity contribution >= 4 is 68.8 Å². The van der Waals surface area contributed by atoms with E-state index in [1.807, 2.05) is 74.6 Å². The number of likely N-dealkylation sites (tertiary alicyclic amines) is 2. The van der Waals surface area contributed by atoms with Crippen LogP contribution in [0.4, 0.5) is 14.0 Å². The maximum atomic E-state index is 16.9. The number of rotatable bonds is 12. The summed E-state index contributed by atoms with van der Waals surface area (Å²) in [4.78, 5) is 65.2. The van der Waals surface area contributed by atoms with Crippen molar-refractivity contribution in [1.29, 1.82) is 0 Å². The highest BCUT2D eigenvalue weighted by molar-refractivity contribution is 7.11. The summed E-state index contributed by atoms with van der Waals surface area (Å²) in [6, 6.07) is 9.63. The number of nitrogens with one attached hydrogen (secondary N) is 2. The number of fused-ring (bicyclic) bond motifs is 5. The minimum absolute atomic E-state index is 0.135. The number of amides is 4. The number of benzene rings is 2. The highest BCUT2D eigenvalue weighted by atomic mass is 32.1. The van der Waals surface area contributed by atoms with E-state index in [0.29, 0.717) is 59.9 Å². The molecule has 67 heavy (non-hydrogen) atoms. The van der Waals surface area contributed by atoms with E-state index in [0.717, 1.165) is 69.7 Å². The Hall–Kier alpha value is -6.43. The van der Waals surface area contributed by atoms with Gasteiger partial charge in [-0.05, 0) is 96.5 Å². The lowest BCUT2D eigenvalue weighted by atomic mass is 9.95. The predicted octanol–water partition coefficient (Wildman–Crippen LogP) is 7.92. The van der Waals surface area contributed by atoms with Crippen molar-refractivity contribution in [2.24, 2.45) is 21.8 Å². The average molecular weight is 934 g/mol. The highest BCUT2D eigenvalue weighted by Crippen LogP contribution is 2.48. The standard InChI is InChI=1S/C49H56FN9O7S/c1-8-40-55-56-44(67-40)47-59-35-14-13-27(30-19-33(51-23-30)36-11-9-15-57(36)45(60)42(25(2)3)53-48(62)64-6)17-29(35)21-38(59)41-32(50)18-28(22-39(41)66-47)31-20-34(52-24-31)37-12-10-16-58(37)46(61)43(26(4)5)54-49(63)65-7/h13-14,17-18,21-26,36-37,42-43,47H,8-12,15-16,19-20H2,1-7H3,(H,53,62)(H,54,63)/t36-,37-,42?,43-,47?/m0/s1. The number of aliphatic imine (C=N–C) groups is 2. The molecule has 18 heteroatoms. The SMILES string of the molecule is CCc1nnc(C2Oc3cc(C4=CN=C([C@@H]5CCCN5C(=O)[C@@H](NC(=O)OC)C(C)C)C4)cc(F)c3-c3cc4cc(C5=CN=C([C@@H]6CCCN6C(=O)C(NC(=O)OC)C(C)C)C5)ccc4n32)s1. The number of methoxy groups -OCH3 is 2. The molecule has 16 nitrogen and oxygen atoms in total. The second-order valence-electron chi connectivity index (χ2n) is 18.4. The Bertz CT molecular complexity index is 2770. The summed E-state index contributed by atoms with van der Waals surface area (Å²) < 4.78 is 35.2. The fraction of sp³-hybridized carbons (Fsp3) is 0.469. The Morgan fingerprint density at radius 3 is 1.93 bits per heavy atom. The molecule has 2 aromatic heterocycles. The number of aromatic nitrogens is 3. The van der Waals surface area contributed by atoms with Crippen LogP contribution < -0.4 is 15.4 Å². The van der Waals surface area contributed by atoms with Gasteiger partial charge in [-0.25, -0.2) is 14.0 Å². The zero-order chi connectivity index (χ0) is 47.3. The Balaban J connectivity index is 0.973. The largest absolute Gasteiger partial charge is 0.462 e. The van der Waals surface area contributed by atoms with Gasteiger partial charge in [0.15, 0.2) is 5.01 Å². The Labute approximate surface area is 392 Å². The second-order valence-corrected chi connectivity index (χ2v) is 19.5. The Morgan fingerprint density at radius 2 is 1.39 bits per heavy atom. The lowest BCUT2D eigenvalue weighted by Gasteiger charge is -2.31. The number of carbonyl (C=O) groups is 4. The smallest absolute Gasteiger partial charge is 0.407 e. The maximum absolute atomic E-state index is 16.9. The summed E-state index contributed by atoms with van der Waals surface area (Å²) in [5, 5.41) is 16.8. The molecule has 0 aliphatic carbocycles. The van der Waals surface area contributed by atoms with Crippen LogP contribution in [0.25, 0.3) is 33.3 Å². The maximum Gasteiger partial charge on any atom is 0.407 e. The average Bonchev–Trinajstić information content (AvgIpc) is 4.18. The van der Waals surface area contributed by atoms with Gasteiger partial charge in [0.1, 0.15) is 28.7 Å². The molecule has 2 saturated heterocycles. The fourth-order valence-electron chi connectivity index (χ4n) is 10.00. The van der Waals surface area contributed by atoms with Gasteiger partial charge in [0.05, 0.1) is 43.1 Å². The predicted molar refractivity (Wildman–Crippen MR) is 253 cm³/mol. The first-order valence-corrected chi connectivity index (χ1v) is 23.9. The summed E-state index contributed by atoms with van der Waals surface area (Å²) in [7, 11) is 2.56. The quantitative estimate of drug-likeness (QED) is 0.143. The number of carbonyl (C=O) groups excluding carboxylic acids is 4. The summed E-state index contributed by atoms with van der Waals surface area (Å²) in [5.74, 6) is -0.697. The van der Waals surface area contributed by atoms with E-state index in [2.05, 4.69) is 26.9 Å². The number of ether oxygens (including phenoxy) is 3. The van der Waals surface area contributed by atoms with Crippen LogP contribution in [0.1, 0.15) is 101 Å². The number of halogens is 1. The van der Waals surface area contributed by atoms with Crippen LogP contribution in [-0.4, -0.2) is 111 Å². The Kier molecular flexibility index (Phi) is 12.8. The zero-order valence-corrected chi connectivity index (χ0v) is 39.6. The van der Waals surface area contributed by atoms with Crippen LogP contribution in [0.3, 0.4) is 0 Å². The fourth-order valence-corrected chi connectivity index (χ4v) is 10.8. The molecule has 4 amide bonds. The van der Waals surface area contributed by atoms with Crippen molar-refractivity contribution in [3.05, 3.63) is 75.8 Å². The lowest BCUT2D eigenvalue weighted by Crippen LogP contribution is -2.53. The molecule has 4 aromatic rings. The molecule has 5 aliphatic rings. The third kappa shape index (κ3) is 8.59. The van der Waals surface area contributed by atoms with Gasteiger partial charge in [0, 0.05) is 55.1 Å². The van der Waals surface area contributed by atoms with Gasteiger partial charge in [-0.15, -0.1) is 10.2 Å². The first-order valence-electron chi connectivity index (χ1n) is 23.1. The number of hydrogen-bond donors (Lipinski definition) is 2. The number of hydrogen-bond acceptors (Lipinski definition) is 12. The van der Waals surface area contributed by atoms with Gasteiger partial charge in [0.25, 0.3) is 0 Å². The van der Waals surface area contributed by atoms with Crippen molar-refractivity contribution in [2.75, 3.05) is 27.3 Å². The van der Waals surface area contributed by atoms with Crippen LogP contribution in [0.5, 0.6) is 5.75 Å². The second kappa shape index (κ2) is 18.7. The van der Waals surface area contributed by atoms with Crippen molar-refractivity contribution in [2.45, 2.75) is 110 Å². The first kappa shape index (κ1) is 45.7. The summed E-state index contributed by atoms with van der Waals surface area (Å²) in [5.41, 5.74) is 6.92. The molecule has 2 fully saturated rings. The summed E-state index contributed by atoms with van der Waals surface area (Å²) in [6.07, 6.45) is 6.43. The van der Waals surface area contributed by atoms with Crippen molar-refractivity contribution in [1.82, 2.24) is 35.2 Å². The monoisotopic (exact) mass is 933 g/mol. The van der Waals surface area contributed by atoms with Gasteiger partial charge < -0.3 is 34.6 Å². The summed E-state index contributed by atoms with van der Waals surface area (Å²) in [6.45, 7) is 10.7. The molecule has 2 aromatic carbocycles. The molecule has 9 rings (SSSR count). The van der Waals surface area contributed by atoms with Crippen LogP contribution in [0, 0.1) is 17.7 Å². The van der Waals surface area contributed by atoms with Crippen molar-refractivity contribution in [3.63, 3.8) is 0 Å². The van der Waals surface area contributed by atoms with Crippen molar-refractivity contribution < 1.29 is 37.8 Å². The van der Waals surface area contributed by atoms with E-state index in [9.17, 15) is 19.2 Å². The van der Waals surface area contributed by atoms with E-state index in [1.165, 1.54) is 31.6 Å². The molecular weight excluding hydrogens is 878 g/mol. The first-order chi connectivity index (χ1) is 32.3. The topological polar surface area (TPSA) is 182 Å². The van der Waals surface area contributed by atoms with Gasteiger partial charge >= 0.3 is 12.2 Å². The molecule has 7 heterocycles. The summed E-state index contributed by atoms with van der Waals surface area (Å²) >= 11 is 1.46. The molecule has 5 aliphatic heterocycles. The number of aryl methyl sites for hydroxylation is 1. The minimum Gasteiger partial charge on any atom is -0.462 e. The molecule has 2 unspecified atom stereocenters. The van der Waals surface area contributed by atoms with E-state index < -0.39 is 36.3 Å². The third-order valence-electron chi connectivity index (χ3n) is 13.5. The van der Waals surface area contributed by atoms with E-state index in [1.54, 1.807) is 11.1 Å². The van der Waals surface area contributed by atoms with Gasteiger partial charge in [-0.1, -0.05) is 52.0 Å². The third-order valence-corrected chi connectivity index (χ3v) is 14.6. The molecule has 0 saturated carbocycles. The van der Waals surface area contributed by atoms with Crippen LogP contribution in [0.2, 0.25) is 0 Å². The number of nitrogens with zero attached hydrogens (tertiary/aromatic N) is 7. The van der Waals surface area contributed by atoms with Gasteiger partial charge in [-0.3, -0.25) is 24.1 Å². The molecule has 352 valence electrons. The van der Waals surface area contributed by atoms with Gasteiger partial charge in [-0.2, -0.15) is 0 Å². The highest BCUT2D eigenvalue weighted by Gasteiger charge is 2.41. The number of alkyl carbamates (subject to hydrolysis) is 2. The minimum atomic E-state index is -0.748. The molecule has 0 spiro atoms. The van der Waals surface area contributed by atoms with E-state index >= 15 is 4.39 Å². The number of allylic oxidation sites excluding steroid dienone is 2. The lowest BCUT2D eigenvalue weighted by molar-refractivity contribution is -0.134. The molecule has 0 radical (unpaired) electrons. The molecule has 5 atom stereocenters. The van der Waals surface area contributed by atoms with Crippen molar-refractivity contribution in [3.8, 4) is 17.0 Å². The normalized spacial score (nSPS) is 20.8. The van der Waals surface area contributed by atoms with Crippen LogP contribution in [0.15, 0.2) is 58.8 Å². The Morgan fingerprint density at radius 1 is 0.806 bits per heavy atom. The van der Waals surface area contributed by atoms with Crippen LogP contribution in [-0.2, 0) is 25.5 Å².